The van der Waals surface area contributed by atoms with Gasteiger partial charge in [0.05, 0.1) is 38.3 Å². The summed E-state index contributed by atoms with van der Waals surface area (Å²) in [5.74, 6) is -1.83. The first-order chi connectivity index (χ1) is 7.36. The summed E-state index contributed by atoms with van der Waals surface area (Å²) in [5.41, 5.74) is -0.916. The van der Waals surface area contributed by atoms with Crippen LogP contribution in [0.3, 0.4) is 0 Å². The van der Waals surface area contributed by atoms with Crippen LogP contribution in [0, 0.1) is 5.41 Å². The van der Waals surface area contributed by atoms with Gasteiger partial charge >= 0.3 is 11.9 Å². The minimum atomic E-state index is -0.917. The van der Waals surface area contributed by atoms with Crippen LogP contribution in [0.5, 0.6) is 0 Å². The molecule has 0 rings (SSSR count). The van der Waals surface area contributed by atoms with Gasteiger partial charge in [0.1, 0.15) is 0 Å². The number of ether oxygens (including phenoxy) is 2. The second-order valence-corrected chi connectivity index (χ2v) is 4.00. The van der Waals surface area contributed by atoms with Crippen molar-refractivity contribution in [3.05, 3.63) is 0 Å². The number of hydrogen-bond donors (Lipinski definition) is 2. The Kier molecular flexibility index (Phi) is 6.67. The molecule has 6 nitrogen and oxygen atoms in total. The van der Waals surface area contributed by atoms with Gasteiger partial charge in [-0.3, -0.25) is 9.59 Å². The van der Waals surface area contributed by atoms with Crippen molar-refractivity contribution in [2.24, 2.45) is 5.41 Å². The third-order valence-electron chi connectivity index (χ3n) is 1.87. The predicted octanol–water partition coefficient (Wildman–Crippen LogP) is 0.605. The zero-order valence-electron chi connectivity index (χ0n) is 9.56. The Labute approximate surface area is 94.2 Å². The van der Waals surface area contributed by atoms with E-state index in [4.69, 9.17) is 19.7 Å². The molecule has 16 heavy (non-hydrogen) atoms. The summed E-state index contributed by atoms with van der Waals surface area (Å²) >= 11 is 0. The summed E-state index contributed by atoms with van der Waals surface area (Å²) in [5, 5.41) is 17.1. The summed E-state index contributed by atoms with van der Waals surface area (Å²) in [6.45, 7) is 3.91. The number of aliphatic carboxylic acids is 2. The summed E-state index contributed by atoms with van der Waals surface area (Å²) in [6.07, 6.45) is -0.0411. The van der Waals surface area contributed by atoms with E-state index < -0.39 is 17.4 Å². The number of carboxylic acids is 2. The predicted molar refractivity (Wildman–Crippen MR) is 55.3 cm³/mol. The standard InChI is InChI=1S/C10H18O6/c1-10(2,9(13)14)7-16-6-5-15-4-3-8(11)12/h3-7H2,1-2H3,(H,11,12)(H,13,14). The van der Waals surface area contributed by atoms with Gasteiger partial charge < -0.3 is 19.7 Å². The third kappa shape index (κ3) is 7.19. The van der Waals surface area contributed by atoms with E-state index >= 15 is 0 Å². The quantitative estimate of drug-likeness (QED) is 0.567. The Morgan fingerprint density at radius 2 is 1.62 bits per heavy atom. The van der Waals surface area contributed by atoms with E-state index in [2.05, 4.69) is 0 Å². The van der Waals surface area contributed by atoms with E-state index in [9.17, 15) is 9.59 Å². The van der Waals surface area contributed by atoms with E-state index in [1.807, 2.05) is 0 Å². The molecule has 0 saturated heterocycles. The summed E-state index contributed by atoms with van der Waals surface area (Å²) < 4.78 is 10.1. The highest BCUT2D eigenvalue weighted by Crippen LogP contribution is 2.14. The van der Waals surface area contributed by atoms with Crippen LogP contribution in [0.25, 0.3) is 0 Å². The normalized spacial score (nSPS) is 11.4. The highest BCUT2D eigenvalue weighted by atomic mass is 16.5. The molecular weight excluding hydrogens is 216 g/mol. The lowest BCUT2D eigenvalue weighted by molar-refractivity contribution is -0.151. The maximum absolute atomic E-state index is 10.7. The lowest BCUT2D eigenvalue weighted by Crippen LogP contribution is -2.29. The Bertz CT molecular complexity index is 235. The molecule has 0 bridgehead atoms. The van der Waals surface area contributed by atoms with Gasteiger partial charge in [0.2, 0.25) is 0 Å². The van der Waals surface area contributed by atoms with Crippen LogP contribution < -0.4 is 0 Å². The monoisotopic (exact) mass is 234 g/mol. The van der Waals surface area contributed by atoms with E-state index in [1.54, 1.807) is 13.8 Å². The fourth-order valence-corrected chi connectivity index (χ4v) is 0.768. The van der Waals surface area contributed by atoms with Gasteiger partial charge in [0, 0.05) is 0 Å². The Morgan fingerprint density at radius 1 is 1.06 bits per heavy atom. The summed E-state index contributed by atoms with van der Waals surface area (Å²) in [4.78, 5) is 20.8. The molecule has 0 saturated carbocycles. The van der Waals surface area contributed by atoms with Crippen LogP contribution in [0.1, 0.15) is 20.3 Å². The maximum atomic E-state index is 10.7. The molecule has 0 fully saturated rings. The van der Waals surface area contributed by atoms with Crippen LogP contribution in [-0.4, -0.2) is 48.6 Å². The molecule has 0 aliphatic heterocycles. The van der Waals surface area contributed by atoms with Crippen LogP contribution >= 0.6 is 0 Å². The fourth-order valence-electron chi connectivity index (χ4n) is 0.768. The topological polar surface area (TPSA) is 93.1 Å². The molecule has 0 amide bonds. The Balaban J connectivity index is 3.40. The van der Waals surface area contributed by atoms with Crippen LogP contribution in [0.15, 0.2) is 0 Å². The van der Waals surface area contributed by atoms with Gasteiger partial charge in [-0.25, -0.2) is 0 Å². The Hall–Kier alpha value is -1.14. The van der Waals surface area contributed by atoms with Crippen molar-refractivity contribution in [3.8, 4) is 0 Å². The van der Waals surface area contributed by atoms with Crippen molar-refractivity contribution in [2.45, 2.75) is 20.3 Å². The number of carboxylic acid groups (broad SMARTS) is 2. The van der Waals surface area contributed by atoms with Crippen molar-refractivity contribution in [3.63, 3.8) is 0 Å². The second kappa shape index (κ2) is 7.19. The molecule has 0 radical (unpaired) electrons. The van der Waals surface area contributed by atoms with Crippen molar-refractivity contribution >= 4 is 11.9 Å². The van der Waals surface area contributed by atoms with E-state index in [-0.39, 0.29) is 32.8 Å². The lowest BCUT2D eigenvalue weighted by Gasteiger charge is -2.18. The molecule has 6 heteroatoms. The first-order valence-electron chi connectivity index (χ1n) is 4.97. The number of rotatable bonds is 9. The average molecular weight is 234 g/mol. The smallest absolute Gasteiger partial charge is 0.311 e. The summed E-state index contributed by atoms with van der Waals surface area (Å²) in [6, 6.07) is 0. The molecule has 0 unspecified atom stereocenters. The van der Waals surface area contributed by atoms with Crippen molar-refractivity contribution in [2.75, 3.05) is 26.4 Å². The molecular formula is C10H18O6. The van der Waals surface area contributed by atoms with Crippen LogP contribution in [0.4, 0.5) is 0 Å². The first kappa shape index (κ1) is 14.9. The fraction of sp³-hybridized carbons (Fsp3) is 0.800. The zero-order chi connectivity index (χ0) is 12.6. The number of carbonyl (C=O) groups is 2. The van der Waals surface area contributed by atoms with E-state index in [0.29, 0.717) is 0 Å². The second-order valence-electron chi connectivity index (χ2n) is 4.00. The van der Waals surface area contributed by atoms with Gasteiger partial charge in [-0.05, 0) is 13.8 Å². The molecule has 0 aromatic rings. The average Bonchev–Trinajstić information content (AvgIpc) is 2.15. The van der Waals surface area contributed by atoms with Crippen molar-refractivity contribution < 1.29 is 29.3 Å². The summed E-state index contributed by atoms with van der Waals surface area (Å²) in [7, 11) is 0. The highest BCUT2D eigenvalue weighted by molar-refractivity contribution is 5.73. The molecule has 0 spiro atoms. The van der Waals surface area contributed by atoms with Gasteiger partial charge in [0.15, 0.2) is 0 Å². The highest BCUT2D eigenvalue weighted by Gasteiger charge is 2.27. The van der Waals surface area contributed by atoms with Crippen LogP contribution in [-0.2, 0) is 19.1 Å². The lowest BCUT2D eigenvalue weighted by atomic mass is 9.95. The minimum Gasteiger partial charge on any atom is -0.481 e. The SMILES string of the molecule is CC(C)(COCCOCCC(=O)O)C(=O)O. The molecule has 0 aliphatic carbocycles. The zero-order valence-corrected chi connectivity index (χ0v) is 9.56. The molecule has 0 aromatic carbocycles. The van der Waals surface area contributed by atoms with Crippen LogP contribution in [0.2, 0.25) is 0 Å². The molecule has 0 atom stereocenters. The van der Waals surface area contributed by atoms with Gasteiger partial charge in [-0.1, -0.05) is 0 Å². The molecule has 0 heterocycles. The molecule has 94 valence electrons. The maximum Gasteiger partial charge on any atom is 0.311 e. The van der Waals surface area contributed by atoms with E-state index in [1.165, 1.54) is 0 Å². The van der Waals surface area contributed by atoms with Gasteiger partial charge in [-0.15, -0.1) is 0 Å². The first-order valence-corrected chi connectivity index (χ1v) is 4.97. The minimum absolute atomic E-state index is 0.0411. The van der Waals surface area contributed by atoms with Crippen molar-refractivity contribution in [1.29, 1.82) is 0 Å². The third-order valence-corrected chi connectivity index (χ3v) is 1.87. The Morgan fingerprint density at radius 3 is 2.12 bits per heavy atom. The van der Waals surface area contributed by atoms with E-state index in [0.717, 1.165) is 0 Å². The molecule has 0 aromatic heterocycles. The molecule has 0 aliphatic rings. The largest absolute Gasteiger partial charge is 0.481 e. The number of hydrogen-bond acceptors (Lipinski definition) is 4. The van der Waals surface area contributed by atoms with Gasteiger partial charge in [0.25, 0.3) is 0 Å². The van der Waals surface area contributed by atoms with Gasteiger partial charge in [-0.2, -0.15) is 0 Å². The van der Waals surface area contributed by atoms with Crippen molar-refractivity contribution in [1.82, 2.24) is 0 Å². The molecule has 2 N–H and O–H groups in total.